The number of ether oxygens (including phenoxy) is 1. The van der Waals surface area contributed by atoms with Crippen LogP contribution in [-0.4, -0.2) is 6.61 Å². The van der Waals surface area contributed by atoms with E-state index in [1.807, 2.05) is 0 Å². The second-order valence-electron chi connectivity index (χ2n) is 4.72. The molecule has 0 aromatic heterocycles. The fourth-order valence-electron chi connectivity index (χ4n) is 1.77. The van der Waals surface area contributed by atoms with E-state index >= 15 is 0 Å². The van der Waals surface area contributed by atoms with Gasteiger partial charge in [0.1, 0.15) is 11.6 Å². The van der Waals surface area contributed by atoms with E-state index in [2.05, 4.69) is 13.8 Å². The van der Waals surface area contributed by atoms with Gasteiger partial charge in [0.15, 0.2) is 0 Å². The molecule has 17 heavy (non-hydrogen) atoms. The van der Waals surface area contributed by atoms with Gasteiger partial charge >= 0.3 is 0 Å². The van der Waals surface area contributed by atoms with Gasteiger partial charge in [-0.05, 0) is 36.6 Å². The van der Waals surface area contributed by atoms with Gasteiger partial charge in [0.2, 0.25) is 0 Å². The van der Waals surface area contributed by atoms with Gasteiger partial charge in [-0.25, -0.2) is 4.39 Å². The van der Waals surface area contributed by atoms with Gasteiger partial charge in [0, 0.05) is 0 Å². The van der Waals surface area contributed by atoms with Crippen LogP contribution in [0.15, 0.2) is 24.3 Å². The molecule has 0 saturated heterocycles. The summed E-state index contributed by atoms with van der Waals surface area (Å²) >= 11 is 0. The number of hydrogen-bond acceptors (Lipinski definition) is 1. The predicted octanol–water partition coefficient (Wildman–Crippen LogP) is 4.81. The molecule has 1 nitrogen and oxygen atoms in total. The van der Waals surface area contributed by atoms with E-state index < -0.39 is 0 Å². The first-order valence-corrected chi connectivity index (χ1v) is 6.60. The average Bonchev–Trinajstić information content (AvgIpc) is 2.34. The molecule has 0 heterocycles. The third-order valence-electron chi connectivity index (χ3n) is 2.90. The van der Waals surface area contributed by atoms with E-state index in [1.165, 1.54) is 44.2 Å². The van der Waals surface area contributed by atoms with Crippen LogP contribution in [0.25, 0.3) is 0 Å². The molecular weight excluding hydrogens is 215 g/mol. The molecule has 1 aromatic rings. The zero-order chi connectivity index (χ0) is 12.5. The third-order valence-corrected chi connectivity index (χ3v) is 2.90. The van der Waals surface area contributed by atoms with Crippen molar-refractivity contribution in [2.75, 3.05) is 6.61 Å². The first-order valence-electron chi connectivity index (χ1n) is 6.60. The molecular formula is C15H23FO. The Morgan fingerprint density at radius 3 is 2.47 bits per heavy atom. The summed E-state index contributed by atoms with van der Waals surface area (Å²) in [6.07, 6.45) is 6.41. The highest BCUT2D eigenvalue weighted by molar-refractivity contribution is 5.21. The maximum atomic E-state index is 12.7. The van der Waals surface area contributed by atoms with Crippen molar-refractivity contribution < 1.29 is 9.13 Å². The standard InChI is InChI=1S/C15H23FO/c1-3-4-5-6-7-13(2)12-17-15-10-8-14(16)9-11-15/h8-11,13H,3-7,12H2,1-2H3. The van der Waals surface area contributed by atoms with Gasteiger partial charge < -0.3 is 4.74 Å². The van der Waals surface area contributed by atoms with Crippen LogP contribution in [0.3, 0.4) is 0 Å². The highest BCUT2D eigenvalue weighted by atomic mass is 19.1. The van der Waals surface area contributed by atoms with Gasteiger partial charge in [-0.2, -0.15) is 0 Å². The fourth-order valence-corrected chi connectivity index (χ4v) is 1.77. The maximum Gasteiger partial charge on any atom is 0.123 e. The number of hydrogen-bond donors (Lipinski definition) is 0. The van der Waals surface area contributed by atoms with Crippen molar-refractivity contribution in [1.29, 1.82) is 0 Å². The minimum Gasteiger partial charge on any atom is -0.493 e. The molecule has 0 aliphatic carbocycles. The molecule has 0 bridgehead atoms. The number of unbranched alkanes of at least 4 members (excludes halogenated alkanes) is 3. The van der Waals surface area contributed by atoms with Crippen LogP contribution in [0, 0.1) is 11.7 Å². The molecule has 0 saturated carbocycles. The van der Waals surface area contributed by atoms with Crippen molar-refractivity contribution in [3.63, 3.8) is 0 Å². The summed E-state index contributed by atoms with van der Waals surface area (Å²) in [5.74, 6) is 1.11. The second kappa shape index (κ2) is 8.10. The Hall–Kier alpha value is -1.05. The van der Waals surface area contributed by atoms with Crippen molar-refractivity contribution in [3.8, 4) is 5.75 Å². The molecule has 1 aromatic carbocycles. The Labute approximate surface area is 104 Å². The Morgan fingerprint density at radius 1 is 1.12 bits per heavy atom. The smallest absolute Gasteiger partial charge is 0.123 e. The molecule has 0 aliphatic heterocycles. The number of benzene rings is 1. The van der Waals surface area contributed by atoms with E-state index in [0.29, 0.717) is 5.92 Å². The third kappa shape index (κ3) is 6.30. The van der Waals surface area contributed by atoms with Crippen molar-refractivity contribution in [1.82, 2.24) is 0 Å². The van der Waals surface area contributed by atoms with Crippen molar-refractivity contribution in [2.24, 2.45) is 5.92 Å². The minimum atomic E-state index is -0.218. The largest absolute Gasteiger partial charge is 0.493 e. The zero-order valence-electron chi connectivity index (χ0n) is 10.9. The van der Waals surface area contributed by atoms with Crippen molar-refractivity contribution in [3.05, 3.63) is 30.1 Å². The summed E-state index contributed by atoms with van der Waals surface area (Å²) in [6.45, 7) is 5.15. The molecule has 1 unspecified atom stereocenters. The van der Waals surface area contributed by atoms with Crippen LogP contribution in [0.1, 0.15) is 46.0 Å². The lowest BCUT2D eigenvalue weighted by atomic mass is 10.0. The summed E-state index contributed by atoms with van der Waals surface area (Å²) in [7, 11) is 0. The molecule has 0 fully saturated rings. The monoisotopic (exact) mass is 238 g/mol. The summed E-state index contributed by atoms with van der Waals surface area (Å²) in [6, 6.07) is 6.22. The van der Waals surface area contributed by atoms with Crippen molar-refractivity contribution in [2.45, 2.75) is 46.0 Å². The predicted molar refractivity (Wildman–Crippen MR) is 69.8 cm³/mol. The lowest BCUT2D eigenvalue weighted by Crippen LogP contribution is -2.08. The molecule has 2 heteroatoms. The first kappa shape index (κ1) is 14.0. The minimum absolute atomic E-state index is 0.218. The van der Waals surface area contributed by atoms with Gasteiger partial charge in [-0.3, -0.25) is 0 Å². The number of rotatable bonds is 8. The molecule has 0 amide bonds. The summed E-state index contributed by atoms with van der Waals surface area (Å²) in [4.78, 5) is 0. The second-order valence-corrected chi connectivity index (χ2v) is 4.72. The maximum absolute atomic E-state index is 12.7. The Balaban J connectivity index is 2.14. The van der Waals surface area contributed by atoms with Crippen LogP contribution in [0.5, 0.6) is 5.75 Å². The Morgan fingerprint density at radius 2 is 1.82 bits per heavy atom. The summed E-state index contributed by atoms with van der Waals surface area (Å²) < 4.78 is 18.3. The van der Waals surface area contributed by atoms with E-state index in [-0.39, 0.29) is 5.82 Å². The first-order chi connectivity index (χ1) is 8.22. The molecule has 1 atom stereocenters. The molecule has 0 radical (unpaired) electrons. The molecule has 0 spiro atoms. The summed E-state index contributed by atoms with van der Waals surface area (Å²) in [5, 5.41) is 0. The Kier molecular flexibility index (Phi) is 6.68. The fraction of sp³-hybridized carbons (Fsp3) is 0.600. The van der Waals surface area contributed by atoms with Crippen molar-refractivity contribution >= 4 is 0 Å². The van der Waals surface area contributed by atoms with Crippen LogP contribution >= 0.6 is 0 Å². The van der Waals surface area contributed by atoms with E-state index in [9.17, 15) is 4.39 Å². The lowest BCUT2D eigenvalue weighted by Gasteiger charge is -2.12. The van der Waals surface area contributed by atoms with Gasteiger partial charge in [0.25, 0.3) is 0 Å². The van der Waals surface area contributed by atoms with Gasteiger partial charge in [-0.1, -0.05) is 39.5 Å². The van der Waals surface area contributed by atoms with Gasteiger partial charge in [-0.15, -0.1) is 0 Å². The van der Waals surface area contributed by atoms with Crippen LogP contribution < -0.4 is 4.74 Å². The van der Waals surface area contributed by atoms with E-state index in [1.54, 1.807) is 12.1 Å². The van der Waals surface area contributed by atoms with Crippen LogP contribution in [-0.2, 0) is 0 Å². The average molecular weight is 238 g/mol. The highest BCUT2D eigenvalue weighted by Crippen LogP contribution is 2.15. The highest BCUT2D eigenvalue weighted by Gasteiger charge is 2.03. The number of halogens is 1. The molecule has 0 aliphatic rings. The SMILES string of the molecule is CCCCCCC(C)COc1ccc(F)cc1. The summed E-state index contributed by atoms with van der Waals surface area (Å²) in [5.41, 5.74) is 0. The topological polar surface area (TPSA) is 9.23 Å². The van der Waals surface area contributed by atoms with Gasteiger partial charge in [0.05, 0.1) is 6.61 Å². The quantitative estimate of drug-likeness (QED) is 0.590. The zero-order valence-corrected chi connectivity index (χ0v) is 10.9. The van der Waals surface area contributed by atoms with E-state index in [4.69, 9.17) is 4.74 Å². The normalized spacial score (nSPS) is 12.4. The van der Waals surface area contributed by atoms with Crippen LogP contribution in [0.2, 0.25) is 0 Å². The Bertz CT molecular complexity index is 294. The molecule has 96 valence electrons. The lowest BCUT2D eigenvalue weighted by molar-refractivity contribution is 0.248. The molecule has 1 rings (SSSR count). The molecule has 0 N–H and O–H groups in total. The van der Waals surface area contributed by atoms with Crippen LogP contribution in [0.4, 0.5) is 4.39 Å². The van der Waals surface area contributed by atoms with E-state index in [0.717, 1.165) is 12.4 Å².